The Bertz CT molecular complexity index is 1360. The number of anilines is 1. The molecule has 0 spiro atoms. The molecule has 0 saturated heterocycles. The monoisotopic (exact) mass is 412 g/mol. The number of hydrogen-bond donors (Lipinski definition) is 2. The number of rotatable bonds is 5. The van der Waals surface area contributed by atoms with Gasteiger partial charge in [0.2, 0.25) is 0 Å². The van der Waals surface area contributed by atoms with E-state index in [1.807, 2.05) is 6.07 Å². The van der Waals surface area contributed by atoms with Crippen LogP contribution >= 0.6 is 0 Å². The van der Waals surface area contributed by atoms with E-state index in [1.54, 1.807) is 37.0 Å². The van der Waals surface area contributed by atoms with Crippen LogP contribution in [0.4, 0.5) is 5.69 Å². The van der Waals surface area contributed by atoms with Gasteiger partial charge >= 0.3 is 5.97 Å². The van der Waals surface area contributed by atoms with Gasteiger partial charge in [0.05, 0.1) is 35.4 Å². The molecule has 3 aromatic heterocycles. The van der Waals surface area contributed by atoms with E-state index in [0.29, 0.717) is 22.6 Å². The highest BCUT2D eigenvalue weighted by Crippen LogP contribution is 2.25. The van der Waals surface area contributed by atoms with Gasteiger partial charge < -0.3 is 5.11 Å². The maximum absolute atomic E-state index is 12.8. The number of fused-ring (bicyclic) bond motifs is 1. The number of aromatic carboxylic acids is 1. The summed E-state index contributed by atoms with van der Waals surface area (Å²) in [4.78, 5) is 15.1. The molecule has 1 aromatic carbocycles. The van der Waals surface area contributed by atoms with E-state index >= 15 is 0 Å². The first-order valence-electron chi connectivity index (χ1n) is 8.45. The van der Waals surface area contributed by atoms with Crippen molar-refractivity contribution in [2.24, 2.45) is 7.05 Å². The number of nitrogens with one attached hydrogen (secondary N) is 1. The third-order valence-corrected chi connectivity index (χ3v) is 5.76. The van der Waals surface area contributed by atoms with Gasteiger partial charge in [0.25, 0.3) is 10.0 Å². The van der Waals surface area contributed by atoms with E-state index in [9.17, 15) is 13.2 Å². The number of hydrogen-bond acceptors (Lipinski definition) is 6. The minimum absolute atomic E-state index is 0.0570. The summed E-state index contributed by atoms with van der Waals surface area (Å²) in [6.45, 7) is 1.63. The molecule has 0 aliphatic carbocycles. The molecule has 4 rings (SSSR count). The van der Waals surface area contributed by atoms with Gasteiger partial charge in [-0.25, -0.2) is 22.9 Å². The van der Waals surface area contributed by atoms with E-state index in [2.05, 4.69) is 19.9 Å². The summed E-state index contributed by atoms with van der Waals surface area (Å²) < 4.78 is 31.1. The number of benzene rings is 1. The summed E-state index contributed by atoms with van der Waals surface area (Å²) in [5.41, 5.74) is 1.61. The van der Waals surface area contributed by atoms with Gasteiger partial charge in [-0.15, -0.1) is 0 Å². The van der Waals surface area contributed by atoms with Gasteiger partial charge in [-0.1, -0.05) is 12.1 Å². The Balaban J connectivity index is 1.67. The number of pyridine rings is 1. The van der Waals surface area contributed by atoms with Crippen molar-refractivity contribution in [2.45, 2.75) is 11.8 Å². The van der Waals surface area contributed by atoms with Crippen LogP contribution in [-0.4, -0.2) is 44.0 Å². The first-order chi connectivity index (χ1) is 13.8. The lowest BCUT2D eigenvalue weighted by Gasteiger charge is -2.08. The Hall–Kier alpha value is -3.73. The fraction of sp³-hybridized carbons (Fsp3) is 0.111. The van der Waals surface area contributed by atoms with Crippen LogP contribution in [0.1, 0.15) is 15.9 Å². The maximum atomic E-state index is 12.8. The predicted octanol–water partition coefficient (Wildman–Crippen LogP) is 1.96. The largest absolute Gasteiger partial charge is 0.478 e. The third kappa shape index (κ3) is 3.31. The molecule has 2 N–H and O–H groups in total. The van der Waals surface area contributed by atoms with Crippen molar-refractivity contribution >= 4 is 32.6 Å². The maximum Gasteiger partial charge on any atom is 0.337 e. The quantitative estimate of drug-likeness (QED) is 0.512. The van der Waals surface area contributed by atoms with Crippen molar-refractivity contribution in [3.05, 3.63) is 60.2 Å². The average Bonchev–Trinajstić information content (AvgIpc) is 3.30. The molecule has 0 fully saturated rings. The highest BCUT2D eigenvalue weighted by atomic mass is 32.2. The zero-order valence-electron chi connectivity index (χ0n) is 15.4. The van der Waals surface area contributed by atoms with Crippen LogP contribution in [0, 0.1) is 6.92 Å². The number of nitrogens with zero attached hydrogens (tertiary/aromatic N) is 5. The summed E-state index contributed by atoms with van der Waals surface area (Å²) in [5.74, 6) is -0.776. The lowest BCUT2D eigenvalue weighted by Crippen LogP contribution is -2.13. The standard InChI is InChI=1S/C18H16N6O4S/c1-11-6-16(19-9-14(11)18(25)26)24-10-13(8-21-24)29(27,28)22-15-5-3-4-12-7-20-23(2)17(12)15/h3-10,22H,1-2H3,(H,25,26). The molecule has 0 bridgehead atoms. The number of aryl methyl sites for hydroxylation is 2. The molecule has 0 atom stereocenters. The van der Waals surface area contributed by atoms with Gasteiger partial charge in [0.1, 0.15) is 4.90 Å². The van der Waals surface area contributed by atoms with Crippen molar-refractivity contribution < 1.29 is 18.3 Å². The van der Waals surface area contributed by atoms with E-state index < -0.39 is 16.0 Å². The number of carbonyl (C=O) groups is 1. The Morgan fingerprint density at radius 2 is 1.97 bits per heavy atom. The van der Waals surface area contributed by atoms with Crippen molar-refractivity contribution in [3.63, 3.8) is 0 Å². The second-order valence-corrected chi connectivity index (χ2v) is 8.08. The van der Waals surface area contributed by atoms with Gasteiger partial charge in [-0.3, -0.25) is 9.40 Å². The van der Waals surface area contributed by atoms with Crippen molar-refractivity contribution in [3.8, 4) is 5.82 Å². The van der Waals surface area contributed by atoms with Crippen LogP contribution in [-0.2, 0) is 17.1 Å². The smallest absolute Gasteiger partial charge is 0.337 e. The predicted molar refractivity (Wildman–Crippen MR) is 105 cm³/mol. The molecule has 10 nitrogen and oxygen atoms in total. The van der Waals surface area contributed by atoms with Crippen LogP contribution in [0.15, 0.2) is 53.9 Å². The van der Waals surface area contributed by atoms with Crippen LogP contribution in [0.25, 0.3) is 16.7 Å². The van der Waals surface area contributed by atoms with Crippen molar-refractivity contribution in [2.75, 3.05) is 4.72 Å². The molecule has 29 heavy (non-hydrogen) atoms. The number of sulfonamides is 1. The van der Waals surface area contributed by atoms with E-state index in [-0.39, 0.29) is 10.5 Å². The highest BCUT2D eigenvalue weighted by Gasteiger charge is 2.20. The summed E-state index contributed by atoms with van der Waals surface area (Å²) in [6.07, 6.45) is 5.38. The van der Waals surface area contributed by atoms with Gasteiger partial charge in [-0.05, 0) is 24.6 Å². The molecular weight excluding hydrogens is 396 g/mol. The summed E-state index contributed by atoms with van der Waals surface area (Å²) >= 11 is 0. The Labute approximate surface area is 165 Å². The SMILES string of the molecule is Cc1cc(-n2cc(S(=O)(=O)Nc3cccc4cnn(C)c34)cn2)ncc1C(=O)O. The molecule has 0 aliphatic heterocycles. The molecule has 148 valence electrons. The normalized spacial score (nSPS) is 11.7. The Kier molecular flexibility index (Phi) is 4.31. The summed E-state index contributed by atoms with van der Waals surface area (Å²) in [6, 6.07) is 6.76. The fourth-order valence-electron chi connectivity index (χ4n) is 2.98. The molecule has 0 aliphatic rings. The minimum atomic E-state index is -3.91. The van der Waals surface area contributed by atoms with E-state index in [1.165, 1.54) is 29.3 Å². The van der Waals surface area contributed by atoms with Gasteiger partial charge in [0, 0.05) is 18.6 Å². The van der Waals surface area contributed by atoms with Crippen LogP contribution < -0.4 is 4.72 Å². The van der Waals surface area contributed by atoms with Crippen molar-refractivity contribution in [1.29, 1.82) is 0 Å². The summed E-state index contributed by atoms with van der Waals surface area (Å²) in [5, 5.41) is 18.1. The number of para-hydroxylation sites is 1. The van der Waals surface area contributed by atoms with Gasteiger partial charge in [0.15, 0.2) is 5.82 Å². The molecular formula is C18H16N6O4S. The molecule has 3 heterocycles. The first kappa shape index (κ1) is 18.6. The molecule has 11 heteroatoms. The van der Waals surface area contributed by atoms with E-state index in [0.717, 1.165) is 5.39 Å². The van der Waals surface area contributed by atoms with Crippen molar-refractivity contribution in [1.82, 2.24) is 24.5 Å². The lowest BCUT2D eigenvalue weighted by atomic mass is 10.1. The first-order valence-corrected chi connectivity index (χ1v) is 9.93. The minimum Gasteiger partial charge on any atom is -0.478 e. The molecule has 0 radical (unpaired) electrons. The highest BCUT2D eigenvalue weighted by molar-refractivity contribution is 7.92. The van der Waals surface area contributed by atoms with E-state index in [4.69, 9.17) is 5.11 Å². The zero-order valence-corrected chi connectivity index (χ0v) is 16.3. The van der Waals surface area contributed by atoms with Gasteiger partial charge in [-0.2, -0.15) is 10.2 Å². The zero-order chi connectivity index (χ0) is 20.8. The number of aromatic nitrogens is 5. The average molecular weight is 412 g/mol. The topological polar surface area (TPSA) is 132 Å². The Morgan fingerprint density at radius 1 is 1.17 bits per heavy atom. The number of carboxylic acid groups (broad SMARTS) is 1. The Morgan fingerprint density at radius 3 is 2.69 bits per heavy atom. The lowest BCUT2D eigenvalue weighted by molar-refractivity contribution is 0.0695. The molecule has 0 amide bonds. The summed E-state index contributed by atoms with van der Waals surface area (Å²) in [7, 11) is -2.19. The van der Waals surface area contributed by atoms with Crippen LogP contribution in [0.3, 0.4) is 0 Å². The second-order valence-electron chi connectivity index (χ2n) is 6.40. The molecule has 4 aromatic rings. The molecule has 0 unspecified atom stereocenters. The molecule has 0 saturated carbocycles. The second kappa shape index (κ2) is 6.71. The fourth-order valence-corrected chi connectivity index (χ4v) is 3.98. The number of carboxylic acids is 1. The van der Waals surface area contributed by atoms with Crippen LogP contribution in [0.2, 0.25) is 0 Å². The third-order valence-electron chi connectivity index (χ3n) is 4.44. The van der Waals surface area contributed by atoms with Crippen LogP contribution in [0.5, 0.6) is 0 Å².